The summed E-state index contributed by atoms with van der Waals surface area (Å²) in [6.45, 7) is 7.33. The predicted octanol–water partition coefficient (Wildman–Crippen LogP) is -0.211. The average Bonchev–Trinajstić information content (AvgIpc) is 2.23. The number of rotatable bonds is 8. The second-order valence-electron chi connectivity index (χ2n) is 2.49. The molecular formula is C8H10O8P. The Bertz CT molecular complexity index is 345. The van der Waals surface area contributed by atoms with Gasteiger partial charge in [-0.05, 0) is 6.08 Å². The van der Waals surface area contributed by atoms with Crippen molar-refractivity contribution >= 4 is 20.3 Å². The van der Waals surface area contributed by atoms with Crippen molar-refractivity contribution in [3.05, 3.63) is 25.3 Å². The quantitative estimate of drug-likeness (QED) is 0.268. The van der Waals surface area contributed by atoms with Crippen LogP contribution in [0.25, 0.3) is 0 Å². The van der Waals surface area contributed by atoms with Gasteiger partial charge in [-0.15, -0.1) is 0 Å². The zero-order chi connectivity index (χ0) is 13.5. The third kappa shape index (κ3) is 6.64. The summed E-state index contributed by atoms with van der Waals surface area (Å²) >= 11 is 0. The van der Waals surface area contributed by atoms with E-state index in [4.69, 9.17) is 9.79 Å². The summed E-state index contributed by atoms with van der Waals surface area (Å²) in [6, 6.07) is 0. The van der Waals surface area contributed by atoms with Gasteiger partial charge in [0.15, 0.2) is 6.10 Å². The van der Waals surface area contributed by atoms with E-state index in [0.29, 0.717) is 0 Å². The molecular weight excluding hydrogens is 255 g/mol. The molecule has 95 valence electrons. The fraction of sp³-hybridized carbons (Fsp3) is 0.250. The molecule has 0 aromatic carbocycles. The van der Waals surface area contributed by atoms with Crippen molar-refractivity contribution in [3.63, 3.8) is 0 Å². The van der Waals surface area contributed by atoms with Crippen molar-refractivity contribution in [1.82, 2.24) is 0 Å². The Morgan fingerprint density at radius 2 is 1.94 bits per heavy atom. The Balaban J connectivity index is 4.54. The van der Waals surface area contributed by atoms with Crippen LogP contribution in [0.4, 0.5) is 0 Å². The van der Waals surface area contributed by atoms with Crippen LogP contribution in [0.3, 0.4) is 0 Å². The number of phosphoric ester groups is 1. The lowest BCUT2D eigenvalue weighted by atomic mass is 10.4. The molecule has 0 heterocycles. The molecule has 0 aromatic heterocycles. The van der Waals surface area contributed by atoms with Gasteiger partial charge in [0, 0.05) is 0 Å². The summed E-state index contributed by atoms with van der Waals surface area (Å²) in [6.07, 6.45) is -1.36. The van der Waals surface area contributed by atoms with E-state index in [1.807, 2.05) is 0 Å². The van der Waals surface area contributed by atoms with E-state index in [-0.39, 0.29) is 0 Å². The Hall–Kier alpha value is -1.47. The van der Waals surface area contributed by atoms with E-state index in [1.54, 1.807) is 0 Å². The number of hydrogen-bond acceptors (Lipinski definition) is 6. The van der Waals surface area contributed by atoms with E-state index < -0.39 is 26.2 Å². The molecule has 9 heteroatoms. The second kappa shape index (κ2) is 6.97. The van der Waals surface area contributed by atoms with Crippen LogP contribution < -0.4 is 0 Å². The van der Waals surface area contributed by atoms with E-state index in [2.05, 4.69) is 27.2 Å². The summed E-state index contributed by atoms with van der Waals surface area (Å²) in [5, 5.41) is 0. The van der Waals surface area contributed by atoms with Crippen molar-refractivity contribution < 1.29 is 37.9 Å². The maximum Gasteiger partial charge on any atom is 0.470 e. The smallest absolute Gasteiger partial charge is 0.419 e. The predicted molar refractivity (Wildman–Crippen MR) is 54.0 cm³/mol. The summed E-state index contributed by atoms with van der Waals surface area (Å²) in [5.74, 6) is -1.21. The van der Waals surface area contributed by atoms with Crippen LogP contribution >= 0.6 is 7.82 Å². The zero-order valence-corrected chi connectivity index (χ0v) is 9.41. The highest BCUT2D eigenvalue weighted by Crippen LogP contribution is 2.38. The number of hydrogen-bond donors (Lipinski definition) is 2. The fourth-order valence-electron chi connectivity index (χ4n) is 0.679. The van der Waals surface area contributed by atoms with Crippen molar-refractivity contribution in [3.8, 4) is 0 Å². The fourth-order valence-corrected chi connectivity index (χ4v) is 1.15. The van der Waals surface area contributed by atoms with Crippen LogP contribution in [0.5, 0.6) is 0 Å². The first-order valence-corrected chi connectivity index (χ1v) is 5.59. The molecule has 0 aliphatic heterocycles. The maximum atomic E-state index is 11.3. The molecule has 17 heavy (non-hydrogen) atoms. The largest absolute Gasteiger partial charge is 0.470 e. The first-order valence-electron chi connectivity index (χ1n) is 4.06. The van der Waals surface area contributed by atoms with Gasteiger partial charge in [0.25, 0.3) is 6.29 Å². The molecule has 1 radical (unpaired) electrons. The Kier molecular flexibility index (Phi) is 6.37. The second-order valence-corrected chi connectivity index (χ2v) is 3.69. The minimum atomic E-state index is -4.88. The molecule has 0 aliphatic carbocycles. The van der Waals surface area contributed by atoms with Crippen LogP contribution in [0, 0.1) is 0 Å². The van der Waals surface area contributed by atoms with E-state index >= 15 is 0 Å². The van der Waals surface area contributed by atoms with Crippen molar-refractivity contribution in [2.45, 2.75) is 12.4 Å². The molecule has 0 bridgehead atoms. The topological polar surface area (TPSA) is 119 Å². The van der Waals surface area contributed by atoms with E-state index in [0.717, 1.165) is 18.6 Å². The Morgan fingerprint density at radius 3 is 2.29 bits per heavy atom. The molecule has 0 aliphatic rings. The van der Waals surface area contributed by atoms with Gasteiger partial charge in [0.05, 0.1) is 0 Å². The summed E-state index contributed by atoms with van der Waals surface area (Å²) in [4.78, 5) is 38.1. The molecule has 8 nitrogen and oxygen atoms in total. The summed E-state index contributed by atoms with van der Waals surface area (Å²) in [7, 11) is -4.88. The normalized spacial score (nSPS) is 14.2. The van der Waals surface area contributed by atoms with E-state index in [1.165, 1.54) is 0 Å². The highest BCUT2D eigenvalue weighted by Gasteiger charge is 2.28. The van der Waals surface area contributed by atoms with Crippen LogP contribution in [0.1, 0.15) is 0 Å². The SMILES string of the molecule is C=CC(O[C]=O)OC(=O)C(C=C)OP(=O)(O)O. The molecule has 0 saturated heterocycles. The minimum absolute atomic E-state index is 0.812. The van der Waals surface area contributed by atoms with Crippen LogP contribution in [-0.4, -0.2) is 34.6 Å². The van der Waals surface area contributed by atoms with Crippen LogP contribution in [0.15, 0.2) is 25.3 Å². The van der Waals surface area contributed by atoms with Crippen molar-refractivity contribution in [2.24, 2.45) is 0 Å². The summed E-state index contributed by atoms with van der Waals surface area (Å²) in [5.41, 5.74) is 0. The Labute approximate surface area is 96.7 Å². The third-order valence-electron chi connectivity index (χ3n) is 1.29. The third-order valence-corrected chi connectivity index (χ3v) is 1.79. The van der Waals surface area contributed by atoms with Gasteiger partial charge < -0.3 is 19.3 Å². The molecule has 0 saturated carbocycles. The standard InChI is InChI=1S/C8H10O8P/c1-3-6(16-17(11,12)13)8(10)15-7(4-2)14-5-9/h3-4,6-7H,1-2H2,(H2,11,12,13). The molecule has 0 amide bonds. The molecule has 2 unspecified atom stereocenters. The van der Waals surface area contributed by atoms with E-state index in [9.17, 15) is 14.2 Å². The molecule has 2 atom stereocenters. The monoisotopic (exact) mass is 265 g/mol. The molecule has 0 rings (SSSR count). The lowest BCUT2D eigenvalue weighted by molar-refractivity contribution is -0.165. The molecule has 0 aromatic rings. The van der Waals surface area contributed by atoms with Crippen LogP contribution in [0.2, 0.25) is 0 Å². The maximum absolute atomic E-state index is 11.3. The zero-order valence-electron chi connectivity index (χ0n) is 8.51. The Morgan fingerprint density at radius 1 is 1.35 bits per heavy atom. The van der Waals surface area contributed by atoms with Crippen molar-refractivity contribution in [1.29, 1.82) is 0 Å². The number of carbonyl (C=O) groups is 1. The average molecular weight is 265 g/mol. The lowest BCUT2D eigenvalue weighted by Gasteiger charge is -2.16. The van der Waals surface area contributed by atoms with Gasteiger partial charge in [0.2, 0.25) is 0 Å². The molecule has 2 N–H and O–H groups in total. The minimum Gasteiger partial charge on any atom is -0.419 e. The van der Waals surface area contributed by atoms with Gasteiger partial charge in [-0.3, -0.25) is 4.52 Å². The lowest BCUT2D eigenvalue weighted by Crippen LogP contribution is -2.28. The highest BCUT2D eigenvalue weighted by molar-refractivity contribution is 7.46. The molecule has 0 spiro atoms. The van der Waals surface area contributed by atoms with Gasteiger partial charge in [-0.25, -0.2) is 14.2 Å². The van der Waals surface area contributed by atoms with Gasteiger partial charge in [0.1, 0.15) is 0 Å². The first-order chi connectivity index (χ1) is 7.84. The highest BCUT2D eigenvalue weighted by atomic mass is 31.2. The molecule has 0 fully saturated rings. The summed E-state index contributed by atoms with van der Waals surface area (Å²) < 4.78 is 23.1. The number of carbonyl (C=O) groups excluding carboxylic acids is 2. The van der Waals surface area contributed by atoms with Crippen molar-refractivity contribution in [2.75, 3.05) is 0 Å². The van der Waals surface area contributed by atoms with Gasteiger partial charge in [-0.2, -0.15) is 0 Å². The first kappa shape index (κ1) is 15.5. The van der Waals surface area contributed by atoms with Crippen LogP contribution in [-0.2, 0) is 28.2 Å². The number of phosphoric acid groups is 1. The number of ether oxygens (including phenoxy) is 2. The van der Waals surface area contributed by atoms with Gasteiger partial charge >= 0.3 is 20.3 Å². The number of esters is 1. The van der Waals surface area contributed by atoms with Gasteiger partial charge in [-0.1, -0.05) is 19.2 Å².